The third-order valence-corrected chi connectivity index (χ3v) is 5.31. The number of benzene rings is 2. The van der Waals surface area contributed by atoms with Crippen LogP contribution >= 0.6 is 11.8 Å². The lowest BCUT2D eigenvalue weighted by Crippen LogP contribution is -2.31. The highest BCUT2D eigenvalue weighted by Crippen LogP contribution is 2.26. The predicted octanol–water partition coefficient (Wildman–Crippen LogP) is 4.14. The summed E-state index contributed by atoms with van der Waals surface area (Å²) in [6.45, 7) is 7.83. The predicted molar refractivity (Wildman–Crippen MR) is 124 cm³/mol. The fourth-order valence-electron chi connectivity index (χ4n) is 2.98. The van der Waals surface area contributed by atoms with Gasteiger partial charge in [0.25, 0.3) is 5.91 Å². The van der Waals surface area contributed by atoms with Gasteiger partial charge >= 0.3 is 0 Å². The zero-order chi connectivity index (χ0) is 23.1. The third kappa shape index (κ3) is 5.61. The summed E-state index contributed by atoms with van der Waals surface area (Å²) in [6, 6.07) is 13.1. The molecule has 9 heteroatoms. The molecule has 0 aliphatic rings. The minimum Gasteiger partial charge on any atom is -0.350 e. The van der Waals surface area contributed by atoms with E-state index in [1.807, 2.05) is 13.8 Å². The molecular formula is C23H24FN5O2S. The molecule has 0 unspecified atom stereocenters. The van der Waals surface area contributed by atoms with E-state index in [1.54, 1.807) is 53.1 Å². The van der Waals surface area contributed by atoms with Crippen molar-refractivity contribution in [1.29, 1.82) is 0 Å². The van der Waals surface area contributed by atoms with Crippen molar-refractivity contribution in [3.05, 3.63) is 72.6 Å². The van der Waals surface area contributed by atoms with Gasteiger partial charge < -0.3 is 10.6 Å². The van der Waals surface area contributed by atoms with Crippen molar-refractivity contribution in [2.24, 2.45) is 0 Å². The van der Waals surface area contributed by atoms with Gasteiger partial charge in [0.2, 0.25) is 5.91 Å². The number of anilines is 1. The molecule has 0 aliphatic heterocycles. The number of aromatic nitrogens is 3. The van der Waals surface area contributed by atoms with Gasteiger partial charge in [-0.25, -0.2) is 4.39 Å². The number of carbonyl (C=O) groups is 2. The lowest BCUT2D eigenvalue weighted by atomic mass is 10.1. The van der Waals surface area contributed by atoms with E-state index in [0.29, 0.717) is 34.3 Å². The van der Waals surface area contributed by atoms with Gasteiger partial charge in [0.05, 0.1) is 22.6 Å². The van der Waals surface area contributed by atoms with Crippen LogP contribution in [-0.4, -0.2) is 38.4 Å². The lowest BCUT2D eigenvalue weighted by molar-refractivity contribution is -0.113. The van der Waals surface area contributed by atoms with E-state index in [-0.39, 0.29) is 23.6 Å². The van der Waals surface area contributed by atoms with Crippen molar-refractivity contribution in [2.75, 3.05) is 11.1 Å². The number of rotatable bonds is 9. The SMILES string of the molecule is C=CCn1c(SCC(=O)Nc2ccccc2C(=O)NC(C)C)nnc1-c1ccccc1F. The summed E-state index contributed by atoms with van der Waals surface area (Å²) in [6.07, 6.45) is 1.65. The number of thioether (sulfide) groups is 1. The minimum atomic E-state index is -0.407. The number of nitrogens with one attached hydrogen (secondary N) is 2. The molecule has 7 nitrogen and oxygen atoms in total. The molecule has 1 aromatic heterocycles. The second kappa shape index (κ2) is 10.7. The molecule has 0 aliphatic carbocycles. The van der Waals surface area contributed by atoms with E-state index in [2.05, 4.69) is 27.4 Å². The Kier molecular flexibility index (Phi) is 7.77. The number of hydrogen-bond donors (Lipinski definition) is 2. The first-order chi connectivity index (χ1) is 15.4. The zero-order valence-electron chi connectivity index (χ0n) is 17.8. The molecule has 0 bridgehead atoms. The van der Waals surface area contributed by atoms with Crippen LogP contribution in [0.4, 0.5) is 10.1 Å². The molecule has 0 atom stereocenters. The van der Waals surface area contributed by atoms with E-state index in [9.17, 15) is 14.0 Å². The number of allylic oxidation sites excluding steroid dienone is 1. The van der Waals surface area contributed by atoms with Gasteiger partial charge in [0, 0.05) is 12.6 Å². The normalized spacial score (nSPS) is 10.8. The monoisotopic (exact) mass is 453 g/mol. The number of amides is 2. The van der Waals surface area contributed by atoms with Gasteiger partial charge in [0.15, 0.2) is 11.0 Å². The summed E-state index contributed by atoms with van der Waals surface area (Å²) in [5.41, 5.74) is 1.13. The molecule has 0 saturated carbocycles. The summed E-state index contributed by atoms with van der Waals surface area (Å²) < 4.78 is 15.9. The highest BCUT2D eigenvalue weighted by molar-refractivity contribution is 7.99. The summed E-state index contributed by atoms with van der Waals surface area (Å²) in [5.74, 6) is -0.575. The first kappa shape index (κ1) is 23.2. The molecule has 3 rings (SSSR count). The molecule has 0 spiro atoms. The van der Waals surface area contributed by atoms with Crippen LogP contribution < -0.4 is 10.6 Å². The minimum absolute atomic E-state index is 0.0262. The summed E-state index contributed by atoms with van der Waals surface area (Å²) in [4.78, 5) is 25.0. The van der Waals surface area contributed by atoms with Crippen molar-refractivity contribution in [2.45, 2.75) is 31.6 Å². The van der Waals surface area contributed by atoms with E-state index >= 15 is 0 Å². The van der Waals surface area contributed by atoms with E-state index in [0.717, 1.165) is 0 Å². The van der Waals surface area contributed by atoms with Crippen LogP contribution in [0.5, 0.6) is 0 Å². The van der Waals surface area contributed by atoms with Crippen LogP contribution in [-0.2, 0) is 11.3 Å². The van der Waals surface area contributed by atoms with Crippen molar-refractivity contribution >= 4 is 29.3 Å². The number of para-hydroxylation sites is 1. The number of halogens is 1. The first-order valence-electron chi connectivity index (χ1n) is 10.0. The van der Waals surface area contributed by atoms with Crippen molar-refractivity contribution in [3.8, 4) is 11.4 Å². The topological polar surface area (TPSA) is 88.9 Å². The molecule has 166 valence electrons. The fourth-order valence-corrected chi connectivity index (χ4v) is 3.73. The Hall–Kier alpha value is -3.46. The van der Waals surface area contributed by atoms with Gasteiger partial charge in [-0.15, -0.1) is 16.8 Å². The Bertz CT molecular complexity index is 1130. The number of carbonyl (C=O) groups excluding carboxylic acids is 2. The fraction of sp³-hybridized carbons (Fsp3) is 0.217. The number of hydrogen-bond acceptors (Lipinski definition) is 5. The highest BCUT2D eigenvalue weighted by atomic mass is 32.2. The Labute approximate surface area is 190 Å². The van der Waals surface area contributed by atoms with Crippen LogP contribution in [0.1, 0.15) is 24.2 Å². The second-order valence-electron chi connectivity index (χ2n) is 7.20. The van der Waals surface area contributed by atoms with Crippen LogP contribution in [0.25, 0.3) is 11.4 Å². The van der Waals surface area contributed by atoms with Crippen LogP contribution in [0.3, 0.4) is 0 Å². The van der Waals surface area contributed by atoms with Gasteiger partial charge in [0.1, 0.15) is 5.82 Å². The largest absolute Gasteiger partial charge is 0.350 e. The Morgan fingerprint density at radius 1 is 1.16 bits per heavy atom. The molecule has 2 amide bonds. The van der Waals surface area contributed by atoms with Crippen LogP contribution in [0.2, 0.25) is 0 Å². The standard InChI is InChI=1S/C23H24FN5O2S/c1-4-13-29-21(16-9-5-7-11-18(16)24)27-28-23(29)32-14-20(30)26-19-12-8-6-10-17(19)22(31)25-15(2)3/h4-12,15H,1,13-14H2,2-3H3,(H,25,31)(H,26,30). The molecule has 2 aromatic carbocycles. The average molecular weight is 454 g/mol. The maximum Gasteiger partial charge on any atom is 0.253 e. The molecule has 3 aromatic rings. The maximum atomic E-state index is 14.2. The first-order valence-corrected chi connectivity index (χ1v) is 11.0. The molecule has 32 heavy (non-hydrogen) atoms. The van der Waals surface area contributed by atoms with E-state index in [4.69, 9.17) is 0 Å². The van der Waals surface area contributed by atoms with E-state index in [1.165, 1.54) is 17.8 Å². The van der Waals surface area contributed by atoms with Gasteiger partial charge in [-0.3, -0.25) is 14.2 Å². The Balaban J connectivity index is 1.73. The molecule has 0 fully saturated rings. The quantitative estimate of drug-likeness (QED) is 0.376. The Morgan fingerprint density at radius 3 is 2.59 bits per heavy atom. The number of nitrogens with zero attached hydrogens (tertiary/aromatic N) is 3. The molecule has 2 N–H and O–H groups in total. The second-order valence-corrected chi connectivity index (χ2v) is 8.14. The summed E-state index contributed by atoms with van der Waals surface area (Å²) >= 11 is 1.17. The zero-order valence-corrected chi connectivity index (χ0v) is 18.7. The van der Waals surface area contributed by atoms with Gasteiger partial charge in [-0.2, -0.15) is 0 Å². The lowest BCUT2D eigenvalue weighted by Gasteiger charge is -2.13. The summed E-state index contributed by atoms with van der Waals surface area (Å²) in [5, 5.41) is 14.3. The average Bonchev–Trinajstić information content (AvgIpc) is 3.15. The molecule has 0 radical (unpaired) electrons. The Morgan fingerprint density at radius 2 is 1.88 bits per heavy atom. The third-order valence-electron chi connectivity index (χ3n) is 4.34. The van der Waals surface area contributed by atoms with Crippen LogP contribution in [0.15, 0.2) is 66.3 Å². The highest BCUT2D eigenvalue weighted by Gasteiger charge is 2.18. The van der Waals surface area contributed by atoms with Crippen molar-refractivity contribution in [3.63, 3.8) is 0 Å². The van der Waals surface area contributed by atoms with Gasteiger partial charge in [-0.05, 0) is 38.1 Å². The summed E-state index contributed by atoms with van der Waals surface area (Å²) in [7, 11) is 0. The maximum absolute atomic E-state index is 14.2. The van der Waals surface area contributed by atoms with Crippen LogP contribution in [0, 0.1) is 5.82 Å². The molecular weight excluding hydrogens is 429 g/mol. The van der Waals surface area contributed by atoms with Crippen molar-refractivity contribution in [1.82, 2.24) is 20.1 Å². The van der Waals surface area contributed by atoms with E-state index < -0.39 is 5.82 Å². The van der Waals surface area contributed by atoms with Gasteiger partial charge in [-0.1, -0.05) is 42.1 Å². The smallest absolute Gasteiger partial charge is 0.253 e. The molecule has 1 heterocycles. The molecule has 0 saturated heterocycles. The van der Waals surface area contributed by atoms with Crippen molar-refractivity contribution < 1.29 is 14.0 Å².